The van der Waals surface area contributed by atoms with Crippen LogP contribution < -0.4 is 0 Å². The fourth-order valence-corrected chi connectivity index (χ4v) is 3.71. The van der Waals surface area contributed by atoms with Gasteiger partial charge in [0.1, 0.15) is 6.54 Å². The van der Waals surface area contributed by atoms with Crippen LogP contribution in [0.3, 0.4) is 0 Å². The molecule has 6 nitrogen and oxygen atoms in total. The molecule has 1 saturated heterocycles. The van der Waals surface area contributed by atoms with Gasteiger partial charge in [0.25, 0.3) is 11.1 Å². The Kier molecular flexibility index (Phi) is 4.99. The molecule has 2 amide bonds. The van der Waals surface area contributed by atoms with Crippen LogP contribution in [0.25, 0.3) is 11.8 Å². The summed E-state index contributed by atoms with van der Waals surface area (Å²) in [5.41, 5.74) is 3.87. The molecule has 1 aromatic heterocycles. The number of methoxy groups -OCH3 is 1. The van der Waals surface area contributed by atoms with Crippen LogP contribution in [0, 0.1) is 13.8 Å². The molecule has 0 bridgehead atoms. The van der Waals surface area contributed by atoms with Gasteiger partial charge in [0.05, 0.1) is 12.0 Å². The van der Waals surface area contributed by atoms with Crippen LogP contribution in [-0.4, -0.2) is 40.2 Å². The molecular weight excluding hydrogens is 352 g/mol. The van der Waals surface area contributed by atoms with E-state index in [4.69, 9.17) is 0 Å². The maximum atomic E-state index is 12.4. The maximum absolute atomic E-state index is 12.4. The van der Waals surface area contributed by atoms with E-state index in [0.717, 1.165) is 39.3 Å². The number of para-hydroxylation sites is 1. The van der Waals surface area contributed by atoms with Crippen LogP contribution in [0.1, 0.15) is 17.0 Å². The smallest absolute Gasteiger partial charge is 0.325 e. The summed E-state index contributed by atoms with van der Waals surface area (Å²) in [4.78, 5) is 37.1. The number of rotatable bonds is 4. The molecule has 1 fully saturated rings. The monoisotopic (exact) mass is 370 g/mol. The van der Waals surface area contributed by atoms with Gasteiger partial charge in [-0.25, -0.2) is 0 Å². The third-order valence-corrected chi connectivity index (χ3v) is 5.07. The summed E-state index contributed by atoms with van der Waals surface area (Å²) in [6.07, 6.45) is 1.70. The number of amides is 2. The Bertz CT molecular complexity index is 915. The molecule has 0 radical (unpaired) electrons. The Hall–Kier alpha value is -2.80. The lowest BCUT2D eigenvalue weighted by Crippen LogP contribution is -2.34. The van der Waals surface area contributed by atoms with E-state index in [0.29, 0.717) is 4.91 Å². The minimum Gasteiger partial charge on any atom is -0.468 e. The number of ether oxygens (including phenoxy) is 1. The van der Waals surface area contributed by atoms with Crippen molar-refractivity contribution in [2.24, 2.45) is 0 Å². The van der Waals surface area contributed by atoms with Gasteiger partial charge in [-0.3, -0.25) is 19.3 Å². The number of hydrogen-bond donors (Lipinski definition) is 0. The molecular formula is C19H18N2O4S. The number of esters is 1. The number of aryl methyl sites for hydroxylation is 1. The summed E-state index contributed by atoms with van der Waals surface area (Å²) in [5, 5.41) is -0.469. The fraction of sp³-hybridized carbons (Fsp3) is 0.211. The number of benzene rings is 1. The van der Waals surface area contributed by atoms with E-state index in [1.807, 2.05) is 50.2 Å². The van der Waals surface area contributed by atoms with Gasteiger partial charge in [-0.15, -0.1) is 0 Å². The highest BCUT2D eigenvalue weighted by Crippen LogP contribution is 2.33. The van der Waals surface area contributed by atoms with Crippen molar-refractivity contribution in [2.45, 2.75) is 13.8 Å². The van der Waals surface area contributed by atoms with Crippen LogP contribution in [-0.2, 0) is 14.3 Å². The summed E-state index contributed by atoms with van der Waals surface area (Å²) >= 11 is 0.830. The number of nitrogens with zero attached hydrogens (tertiary/aromatic N) is 2. The Morgan fingerprint density at radius 2 is 1.88 bits per heavy atom. The highest BCUT2D eigenvalue weighted by atomic mass is 32.2. The Morgan fingerprint density at radius 1 is 1.19 bits per heavy atom. The first-order chi connectivity index (χ1) is 12.4. The molecule has 1 aliphatic rings. The van der Waals surface area contributed by atoms with E-state index in [2.05, 4.69) is 9.30 Å². The molecule has 0 spiro atoms. The van der Waals surface area contributed by atoms with Crippen LogP contribution in [0.5, 0.6) is 0 Å². The van der Waals surface area contributed by atoms with E-state index >= 15 is 0 Å². The number of hydrogen-bond acceptors (Lipinski definition) is 5. The zero-order valence-corrected chi connectivity index (χ0v) is 15.5. The molecule has 0 N–H and O–H groups in total. The first kappa shape index (κ1) is 18.0. The molecule has 7 heteroatoms. The zero-order valence-electron chi connectivity index (χ0n) is 14.7. The lowest BCUT2D eigenvalue weighted by atomic mass is 10.2. The van der Waals surface area contributed by atoms with Gasteiger partial charge in [0.15, 0.2) is 0 Å². The topological polar surface area (TPSA) is 68.6 Å². The number of carbonyl (C=O) groups is 3. The largest absolute Gasteiger partial charge is 0.468 e. The quantitative estimate of drug-likeness (QED) is 0.610. The average molecular weight is 370 g/mol. The van der Waals surface area contributed by atoms with Crippen molar-refractivity contribution >= 4 is 35.0 Å². The van der Waals surface area contributed by atoms with Gasteiger partial charge in [0.2, 0.25) is 0 Å². The van der Waals surface area contributed by atoms with Gasteiger partial charge in [-0.2, -0.15) is 0 Å². The summed E-state index contributed by atoms with van der Waals surface area (Å²) in [7, 11) is 1.22. The van der Waals surface area contributed by atoms with E-state index < -0.39 is 17.1 Å². The lowest BCUT2D eigenvalue weighted by Gasteiger charge is -2.10. The summed E-state index contributed by atoms with van der Waals surface area (Å²) in [5.74, 6) is -1.11. The molecule has 1 aliphatic heterocycles. The molecule has 134 valence electrons. The van der Waals surface area contributed by atoms with Gasteiger partial charge >= 0.3 is 5.97 Å². The van der Waals surface area contributed by atoms with Gasteiger partial charge < -0.3 is 9.30 Å². The Morgan fingerprint density at radius 3 is 2.54 bits per heavy atom. The lowest BCUT2D eigenvalue weighted by molar-refractivity contribution is -0.143. The highest BCUT2D eigenvalue weighted by Gasteiger charge is 2.36. The molecule has 0 atom stereocenters. The molecule has 26 heavy (non-hydrogen) atoms. The second-order valence-electron chi connectivity index (χ2n) is 5.84. The van der Waals surface area contributed by atoms with Crippen LogP contribution in [0.4, 0.5) is 4.79 Å². The fourth-order valence-electron chi connectivity index (χ4n) is 2.88. The molecule has 0 unspecified atom stereocenters. The van der Waals surface area contributed by atoms with Gasteiger partial charge in [0, 0.05) is 17.1 Å². The molecule has 2 heterocycles. The van der Waals surface area contributed by atoms with Crippen molar-refractivity contribution in [3.05, 3.63) is 58.3 Å². The van der Waals surface area contributed by atoms with Crippen LogP contribution in [0.15, 0.2) is 41.3 Å². The minimum atomic E-state index is -0.629. The van der Waals surface area contributed by atoms with Gasteiger partial charge in [-0.05, 0) is 55.4 Å². The number of imide groups is 1. The second kappa shape index (κ2) is 7.21. The van der Waals surface area contributed by atoms with E-state index in [9.17, 15) is 14.4 Å². The van der Waals surface area contributed by atoms with E-state index in [1.165, 1.54) is 7.11 Å². The minimum absolute atomic E-state index is 0.298. The normalized spacial score (nSPS) is 15.8. The maximum Gasteiger partial charge on any atom is 0.325 e. The summed E-state index contributed by atoms with van der Waals surface area (Å²) in [6.45, 7) is 3.58. The zero-order chi connectivity index (χ0) is 18.8. The molecule has 0 aliphatic carbocycles. The van der Waals surface area contributed by atoms with Crippen LogP contribution >= 0.6 is 11.8 Å². The van der Waals surface area contributed by atoms with Crippen molar-refractivity contribution < 1.29 is 19.1 Å². The average Bonchev–Trinajstić information content (AvgIpc) is 3.05. The summed E-state index contributed by atoms with van der Waals surface area (Å²) < 4.78 is 6.62. The van der Waals surface area contributed by atoms with Crippen LogP contribution in [0.2, 0.25) is 0 Å². The molecule has 1 aromatic carbocycles. The number of carbonyl (C=O) groups excluding carboxylic acids is 3. The van der Waals surface area contributed by atoms with Crippen molar-refractivity contribution in [1.29, 1.82) is 0 Å². The first-order valence-electron chi connectivity index (χ1n) is 7.99. The van der Waals surface area contributed by atoms with Gasteiger partial charge in [-0.1, -0.05) is 18.2 Å². The predicted molar refractivity (Wildman–Crippen MR) is 99.9 cm³/mol. The van der Waals surface area contributed by atoms with E-state index in [1.54, 1.807) is 6.08 Å². The molecule has 0 saturated carbocycles. The Balaban J connectivity index is 1.93. The highest BCUT2D eigenvalue weighted by molar-refractivity contribution is 8.18. The SMILES string of the molecule is COC(=O)CN1C(=O)S/C(=C\c2cc(C)n(-c3ccccc3)c2C)C1=O. The third kappa shape index (κ3) is 3.30. The Labute approximate surface area is 155 Å². The standard InChI is InChI=1S/C19H18N2O4S/c1-12-9-14(13(2)21(12)15-7-5-4-6-8-15)10-16-18(23)20(19(24)26-16)11-17(22)25-3/h4-10H,11H2,1-3H3/b16-10-. The molecule has 2 aromatic rings. The summed E-state index contributed by atoms with van der Waals surface area (Å²) in [6, 6.07) is 11.9. The molecule has 3 rings (SSSR count). The van der Waals surface area contributed by atoms with Crippen molar-refractivity contribution in [1.82, 2.24) is 9.47 Å². The number of thioether (sulfide) groups is 1. The van der Waals surface area contributed by atoms with E-state index in [-0.39, 0.29) is 6.54 Å². The third-order valence-electron chi connectivity index (χ3n) is 4.16. The first-order valence-corrected chi connectivity index (χ1v) is 8.80. The van der Waals surface area contributed by atoms with Crippen molar-refractivity contribution in [2.75, 3.05) is 13.7 Å². The number of aromatic nitrogens is 1. The predicted octanol–water partition coefficient (Wildman–Crippen LogP) is 3.30. The van der Waals surface area contributed by atoms with Crippen molar-refractivity contribution in [3.63, 3.8) is 0 Å². The van der Waals surface area contributed by atoms with Crippen molar-refractivity contribution in [3.8, 4) is 5.69 Å². The second-order valence-corrected chi connectivity index (χ2v) is 6.83.